The van der Waals surface area contributed by atoms with Crippen molar-refractivity contribution in [1.29, 1.82) is 0 Å². The molecule has 1 aliphatic heterocycles. The number of benzene rings is 2. The van der Waals surface area contributed by atoms with Crippen LogP contribution < -0.4 is 23.7 Å². The fourth-order valence-electron chi connectivity index (χ4n) is 3.03. The van der Waals surface area contributed by atoms with Gasteiger partial charge in [0.25, 0.3) is 0 Å². The van der Waals surface area contributed by atoms with Crippen molar-refractivity contribution in [3.05, 3.63) is 41.5 Å². The van der Waals surface area contributed by atoms with E-state index in [-0.39, 0.29) is 5.97 Å². The molecule has 0 spiro atoms. The van der Waals surface area contributed by atoms with Gasteiger partial charge in [-0.25, -0.2) is 0 Å². The SMILES string of the molecule is COc1cccc2c1OC(=O)C(c1cc(OC)c(OC)c(OC)c1)C2. The Balaban J connectivity index is 2.03. The number of para-hydroxylation sites is 1. The van der Waals surface area contributed by atoms with Crippen molar-refractivity contribution in [2.75, 3.05) is 28.4 Å². The number of rotatable bonds is 5. The molecule has 0 saturated heterocycles. The maximum absolute atomic E-state index is 12.6. The van der Waals surface area contributed by atoms with Gasteiger partial charge in [0.05, 0.1) is 34.4 Å². The van der Waals surface area contributed by atoms with Gasteiger partial charge >= 0.3 is 5.97 Å². The summed E-state index contributed by atoms with van der Waals surface area (Å²) in [5.41, 5.74) is 1.66. The molecule has 2 aromatic carbocycles. The second-order valence-corrected chi connectivity index (χ2v) is 5.59. The monoisotopic (exact) mass is 344 g/mol. The van der Waals surface area contributed by atoms with E-state index < -0.39 is 5.92 Å². The van der Waals surface area contributed by atoms with Crippen LogP contribution in [0.15, 0.2) is 30.3 Å². The zero-order valence-corrected chi connectivity index (χ0v) is 14.6. The molecular formula is C19H20O6. The summed E-state index contributed by atoms with van der Waals surface area (Å²) in [6, 6.07) is 9.13. The third kappa shape index (κ3) is 2.95. The minimum atomic E-state index is -0.465. The van der Waals surface area contributed by atoms with Crippen LogP contribution in [0, 0.1) is 0 Å². The summed E-state index contributed by atoms with van der Waals surface area (Å²) >= 11 is 0. The predicted octanol–water partition coefficient (Wildman–Crippen LogP) is 2.97. The van der Waals surface area contributed by atoms with Crippen molar-refractivity contribution in [2.24, 2.45) is 0 Å². The lowest BCUT2D eigenvalue weighted by molar-refractivity contribution is -0.137. The number of ether oxygens (including phenoxy) is 5. The molecule has 0 saturated carbocycles. The Morgan fingerprint density at radius 3 is 2.12 bits per heavy atom. The van der Waals surface area contributed by atoms with Crippen LogP contribution in [-0.4, -0.2) is 34.4 Å². The van der Waals surface area contributed by atoms with Gasteiger partial charge in [0.2, 0.25) is 5.75 Å². The van der Waals surface area contributed by atoms with Crippen LogP contribution in [0.3, 0.4) is 0 Å². The van der Waals surface area contributed by atoms with E-state index in [2.05, 4.69) is 0 Å². The summed E-state index contributed by atoms with van der Waals surface area (Å²) in [4.78, 5) is 12.6. The highest BCUT2D eigenvalue weighted by atomic mass is 16.6. The van der Waals surface area contributed by atoms with E-state index in [9.17, 15) is 4.79 Å². The average molecular weight is 344 g/mol. The summed E-state index contributed by atoms with van der Waals surface area (Å²) < 4.78 is 26.9. The van der Waals surface area contributed by atoms with Crippen molar-refractivity contribution in [3.8, 4) is 28.7 Å². The number of carbonyl (C=O) groups excluding carboxylic acids is 1. The molecule has 0 amide bonds. The first-order valence-electron chi connectivity index (χ1n) is 7.80. The molecule has 1 unspecified atom stereocenters. The lowest BCUT2D eigenvalue weighted by Gasteiger charge is -2.25. The van der Waals surface area contributed by atoms with E-state index >= 15 is 0 Å². The van der Waals surface area contributed by atoms with E-state index in [4.69, 9.17) is 23.7 Å². The molecule has 0 aromatic heterocycles. The van der Waals surface area contributed by atoms with Crippen molar-refractivity contribution in [3.63, 3.8) is 0 Å². The average Bonchev–Trinajstić information content (AvgIpc) is 2.65. The normalized spacial score (nSPS) is 15.8. The Labute approximate surface area is 146 Å². The highest BCUT2D eigenvalue weighted by Crippen LogP contribution is 2.44. The van der Waals surface area contributed by atoms with Gasteiger partial charge in [-0.15, -0.1) is 0 Å². The number of fused-ring (bicyclic) bond motifs is 1. The Morgan fingerprint density at radius 1 is 0.920 bits per heavy atom. The molecule has 0 radical (unpaired) electrons. The second kappa shape index (κ2) is 6.93. The minimum Gasteiger partial charge on any atom is -0.493 e. The van der Waals surface area contributed by atoms with Gasteiger partial charge in [-0.05, 0) is 35.7 Å². The summed E-state index contributed by atoms with van der Waals surface area (Å²) in [6.07, 6.45) is 0.504. The Hall–Kier alpha value is -2.89. The molecule has 1 aliphatic rings. The topological polar surface area (TPSA) is 63.2 Å². The molecule has 0 bridgehead atoms. The summed E-state index contributed by atoms with van der Waals surface area (Å²) in [6.45, 7) is 0. The smallest absolute Gasteiger partial charge is 0.319 e. The molecule has 132 valence electrons. The summed E-state index contributed by atoms with van der Waals surface area (Å²) in [5, 5.41) is 0. The molecule has 3 rings (SSSR count). The molecule has 1 atom stereocenters. The number of carbonyl (C=O) groups is 1. The molecule has 1 heterocycles. The van der Waals surface area contributed by atoms with E-state index in [1.165, 1.54) is 7.11 Å². The lowest BCUT2D eigenvalue weighted by atomic mass is 9.89. The molecule has 0 aliphatic carbocycles. The first-order valence-corrected chi connectivity index (χ1v) is 7.80. The Kier molecular flexibility index (Phi) is 4.70. The Morgan fingerprint density at radius 2 is 1.56 bits per heavy atom. The van der Waals surface area contributed by atoms with Gasteiger partial charge < -0.3 is 23.7 Å². The van der Waals surface area contributed by atoms with Gasteiger partial charge in [0, 0.05) is 0 Å². The largest absolute Gasteiger partial charge is 0.493 e. The fourth-order valence-corrected chi connectivity index (χ4v) is 3.03. The van der Waals surface area contributed by atoms with Crippen molar-refractivity contribution < 1.29 is 28.5 Å². The van der Waals surface area contributed by atoms with Gasteiger partial charge in [0.1, 0.15) is 0 Å². The zero-order valence-electron chi connectivity index (χ0n) is 14.6. The van der Waals surface area contributed by atoms with Crippen molar-refractivity contribution in [2.45, 2.75) is 12.3 Å². The molecule has 0 fully saturated rings. The number of hydrogen-bond donors (Lipinski definition) is 0. The molecule has 0 N–H and O–H groups in total. The van der Waals surface area contributed by atoms with E-state index in [1.807, 2.05) is 12.1 Å². The highest BCUT2D eigenvalue weighted by Gasteiger charge is 2.33. The first-order chi connectivity index (χ1) is 12.1. The van der Waals surface area contributed by atoms with Crippen LogP contribution in [0.25, 0.3) is 0 Å². The van der Waals surface area contributed by atoms with Gasteiger partial charge in [-0.1, -0.05) is 12.1 Å². The maximum Gasteiger partial charge on any atom is 0.319 e. The fraction of sp³-hybridized carbons (Fsp3) is 0.316. The van der Waals surface area contributed by atoms with Crippen molar-refractivity contribution >= 4 is 5.97 Å². The van der Waals surface area contributed by atoms with Gasteiger partial charge in [-0.2, -0.15) is 0 Å². The third-order valence-corrected chi connectivity index (χ3v) is 4.28. The van der Waals surface area contributed by atoms with E-state index in [0.717, 1.165) is 11.1 Å². The number of methoxy groups -OCH3 is 4. The van der Waals surface area contributed by atoms with Crippen LogP contribution in [0.4, 0.5) is 0 Å². The predicted molar refractivity (Wildman–Crippen MR) is 91.2 cm³/mol. The standard InChI is InChI=1S/C19H20O6/c1-21-14-7-5-6-11-8-13(19(20)25-17(11)14)12-9-15(22-2)18(24-4)16(10-12)23-3/h5-7,9-10,13H,8H2,1-4H3. The minimum absolute atomic E-state index is 0.341. The van der Waals surface area contributed by atoms with E-state index in [0.29, 0.717) is 35.2 Å². The highest BCUT2D eigenvalue weighted by molar-refractivity contribution is 5.84. The van der Waals surface area contributed by atoms with Crippen LogP contribution in [-0.2, 0) is 11.2 Å². The van der Waals surface area contributed by atoms with Gasteiger partial charge in [-0.3, -0.25) is 4.79 Å². The van der Waals surface area contributed by atoms with Crippen LogP contribution >= 0.6 is 0 Å². The van der Waals surface area contributed by atoms with Gasteiger partial charge in [0.15, 0.2) is 23.0 Å². The zero-order chi connectivity index (χ0) is 18.0. The quantitative estimate of drug-likeness (QED) is 0.614. The molecule has 25 heavy (non-hydrogen) atoms. The van der Waals surface area contributed by atoms with E-state index in [1.54, 1.807) is 39.5 Å². The molecule has 6 nitrogen and oxygen atoms in total. The number of esters is 1. The third-order valence-electron chi connectivity index (χ3n) is 4.28. The molecule has 2 aromatic rings. The Bertz CT molecular complexity index is 773. The first kappa shape index (κ1) is 17.0. The van der Waals surface area contributed by atoms with Crippen LogP contribution in [0.5, 0.6) is 28.7 Å². The summed E-state index contributed by atoms with van der Waals surface area (Å²) in [5.74, 6) is 1.72. The lowest BCUT2D eigenvalue weighted by Crippen LogP contribution is -2.26. The summed E-state index contributed by atoms with van der Waals surface area (Å²) in [7, 11) is 6.17. The second-order valence-electron chi connectivity index (χ2n) is 5.59. The van der Waals surface area contributed by atoms with Crippen molar-refractivity contribution in [1.82, 2.24) is 0 Å². The van der Waals surface area contributed by atoms with Crippen LogP contribution in [0.1, 0.15) is 17.0 Å². The molecule has 6 heteroatoms. The molecular weight excluding hydrogens is 324 g/mol. The number of hydrogen-bond acceptors (Lipinski definition) is 6. The van der Waals surface area contributed by atoms with Crippen LogP contribution in [0.2, 0.25) is 0 Å². The maximum atomic E-state index is 12.6.